The number of aromatic amines is 1. The van der Waals surface area contributed by atoms with Gasteiger partial charge in [0, 0.05) is 63.8 Å². The number of carbonyl (C=O) groups excluding carboxylic acids is 3. The molecule has 9 N–H and O–H groups in total. The summed E-state index contributed by atoms with van der Waals surface area (Å²) < 4.78 is 23.7. The van der Waals surface area contributed by atoms with Gasteiger partial charge in [-0.3, -0.25) is 24.5 Å². The van der Waals surface area contributed by atoms with Gasteiger partial charge in [0.15, 0.2) is 5.95 Å². The van der Waals surface area contributed by atoms with E-state index in [0.29, 0.717) is 140 Å². The number of amides is 2. The molecule has 0 aliphatic carbocycles. The van der Waals surface area contributed by atoms with Gasteiger partial charge in [0.05, 0.1) is 31.9 Å². The molecular weight excluding hydrogens is 1190 g/mol. The fourth-order valence-electron chi connectivity index (χ4n) is 9.16. The molecule has 3 aromatic carbocycles. The summed E-state index contributed by atoms with van der Waals surface area (Å²) in [5.74, 6) is -3.77. The molecule has 3 heterocycles. The maximum Gasteiger partial charge on any atom is 0.322 e. The third kappa shape index (κ3) is 23.7. The van der Waals surface area contributed by atoms with E-state index >= 15 is 0 Å². The first-order chi connectivity index (χ1) is 40.6. The van der Waals surface area contributed by atoms with Gasteiger partial charge in [0.25, 0.3) is 5.91 Å². The predicted octanol–water partition coefficient (Wildman–Crippen LogP) is 0.177. The average molecular weight is 1270 g/mol. The molecule has 2 radical (unpaired) electrons. The number of aromatic nitrogens is 3. The number of carboxylic acid groups (broad SMARTS) is 3. The van der Waals surface area contributed by atoms with Crippen molar-refractivity contribution in [1.82, 2.24) is 55.4 Å². The van der Waals surface area contributed by atoms with Crippen molar-refractivity contribution in [1.29, 1.82) is 0 Å². The number of carbonyl (C=O) groups is 6. The molecular formula is C57H77InN12O14. The minimum Gasteiger partial charge on any atom is -0.480 e. The van der Waals surface area contributed by atoms with Crippen molar-refractivity contribution in [2.75, 3.05) is 143 Å². The van der Waals surface area contributed by atoms with E-state index < -0.39 is 35.3 Å². The van der Waals surface area contributed by atoms with E-state index in [-0.39, 0.29) is 69.9 Å². The van der Waals surface area contributed by atoms with Crippen LogP contribution < -0.4 is 32.0 Å². The quantitative estimate of drug-likeness (QED) is 0.0248. The second kappa shape index (κ2) is 36.1. The van der Waals surface area contributed by atoms with Gasteiger partial charge < -0.3 is 49.9 Å². The number of anilines is 1. The SMILES string of the molecule is Cn1cc(C(=O)NC[C@H](NCc2ccc(-c3ccc(CNCCCOCCOCCOCCNC(=O)CN4CCN(CC(=O)O)CCN(CC(=O)O)CCN(CC(=O)[O][In])CC4)cc3)cc2)C(=O)O)c(=O)c2ccc(CNc3ncc[nH]3)cc21. The number of pyridine rings is 1. The molecule has 2 aromatic heterocycles. The molecule has 1 aliphatic heterocycles. The number of hydrogen-bond acceptors (Lipinski definition) is 19. The van der Waals surface area contributed by atoms with E-state index in [2.05, 4.69) is 60.8 Å². The number of aryl methyl sites for hydroxylation is 1. The Morgan fingerprint density at radius 3 is 1.76 bits per heavy atom. The fourth-order valence-corrected chi connectivity index (χ4v) is 9.38. The summed E-state index contributed by atoms with van der Waals surface area (Å²) in [5, 5.41) is 44.3. The number of ether oxygens (including phenoxy) is 3. The third-order valence-corrected chi connectivity index (χ3v) is 14.5. The molecule has 27 heteroatoms. The van der Waals surface area contributed by atoms with Crippen LogP contribution >= 0.6 is 0 Å². The Morgan fingerprint density at radius 2 is 1.20 bits per heavy atom. The number of rotatable bonds is 34. The van der Waals surface area contributed by atoms with Crippen molar-refractivity contribution in [2.24, 2.45) is 7.05 Å². The molecule has 0 unspecified atom stereocenters. The number of H-pyrrole nitrogens is 1. The van der Waals surface area contributed by atoms with Gasteiger partial charge in [-0.1, -0.05) is 54.6 Å². The van der Waals surface area contributed by atoms with E-state index in [0.717, 1.165) is 40.8 Å². The Hall–Kier alpha value is -6.79. The molecule has 452 valence electrons. The minimum absolute atomic E-state index is 0.0394. The van der Waals surface area contributed by atoms with Gasteiger partial charge in [-0.05, 0) is 52.9 Å². The topological polar surface area (TPSA) is 324 Å². The van der Waals surface area contributed by atoms with Crippen LogP contribution in [0.2, 0.25) is 0 Å². The number of hydrogen-bond donors (Lipinski definition) is 9. The summed E-state index contributed by atoms with van der Waals surface area (Å²) in [6, 6.07) is 20.3. The van der Waals surface area contributed by atoms with Gasteiger partial charge in [0.2, 0.25) is 5.43 Å². The minimum atomic E-state index is -1.14. The van der Waals surface area contributed by atoms with Crippen molar-refractivity contribution in [3.8, 4) is 11.1 Å². The number of benzene rings is 3. The number of carboxylic acids is 3. The fraction of sp³-hybridized carbons (Fsp3) is 0.474. The second-order valence-electron chi connectivity index (χ2n) is 20.1. The van der Waals surface area contributed by atoms with Gasteiger partial charge in [-0.15, -0.1) is 0 Å². The third-order valence-electron chi connectivity index (χ3n) is 13.8. The normalized spacial score (nSPS) is 14.5. The van der Waals surface area contributed by atoms with Gasteiger partial charge >= 0.3 is 194 Å². The largest absolute Gasteiger partial charge is 0.480 e. The molecule has 0 saturated carbocycles. The molecule has 1 atom stereocenters. The number of aliphatic carboxylic acids is 3. The first-order valence-corrected chi connectivity index (χ1v) is 29.2. The summed E-state index contributed by atoms with van der Waals surface area (Å²) in [7, 11) is 1.75. The first kappa shape index (κ1) is 66.4. The first-order valence-electron chi connectivity index (χ1n) is 27.9. The molecule has 6 rings (SSSR count). The van der Waals surface area contributed by atoms with E-state index in [1.54, 1.807) is 39.9 Å². The Balaban J connectivity index is 0.789. The van der Waals surface area contributed by atoms with Crippen LogP contribution in [-0.4, -0.2) is 254 Å². The summed E-state index contributed by atoms with van der Waals surface area (Å²) in [6.07, 6.45) is 5.64. The smallest absolute Gasteiger partial charge is 0.322 e. The standard InChI is InChI=1S/C57H78N12O14.In/c1-65-36-47(54(77)46-12-7-43(31-49(46)65)34-64-57-60-14-15-61-57)55(78)63-35-48(56(79)80)62-33-42-5-10-45(11-6-42)44-8-3-41(4-9-44)32-58-13-2-25-81-27-29-83-30-28-82-26-16-59-50(70)37-66-17-19-67(38-51(71)72)21-23-69(40-53(75)76)24-22-68(20-18-66)39-52(73)74;/h3-12,14-15,31,36,48,58,62H,2,13,16-30,32-35,37-40H2,1H3,(H,59,70)(H,63,78)(H,71,72)(H,73,74)(H,75,76)(H,79,80)(H2,60,61,64);/q;+1/p-1/t48-;/m0./s1. The molecule has 0 spiro atoms. The van der Waals surface area contributed by atoms with E-state index in [4.69, 9.17) is 17.1 Å². The zero-order chi connectivity index (χ0) is 60.1. The van der Waals surface area contributed by atoms with Crippen molar-refractivity contribution in [3.63, 3.8) is 0 Å². The van der Waals surface area contributed by atoms with Crippen LogP contribution in [0.4, 0.5) is 5.95 Å². The Morgan fingerprint density at radius 1 is 0.655 bits per heavy atom. The van der Waals surface area contributed by atoms with Gasteiger partial charge in [-0.25, -0.2) is 4.98 Å². The molecule has 0 bridgehead atoms. The van der Waals surface area contributed by atoms with Gasteiger partial charge in [0.1, 0.15) is 11.6 Å². The number of nitrogens with one attached hydrogen (secondary N) is 6. The average Bonchev–Trinajstić information content (AvgIpc) is 4.14. The molecule has 2 amide bonds. The van der Waals surface area contributed by atoms with E-state index in [1.807, 2.05) is 46.2 Å². The molecule has 26 nitrogen and oxygen atoms in total. The molecule has 1 saturated heterocycles. The molecule has 1 aliphatic rings. The van der Waals surface area contributed by atoms with Gasteiger partial charge in [-0.2, -0.15) is 0 Å². The van der Waals surface area contributed by atoms with Crippen LogP contribution in [0.5, 0.6) is 0 Å². The van der Waals surface area contributed by atoms with Crippen LogP contribution in [0.1, 0.15) is 33.5 Å². The monoisotopic (exact) mass is 1270 g/mol. The van der Waals surface area contributed by atoms with Crippen LogP contribution in [-0.2, 0) is 67.7 Å². The Bertz CT molecular complexity index is 2940. The Labute approximate surface area is 502 Å². The van der Waals surface area contributed by atoms with E-state index in [1.165, 1.54) is 6.20 Å². The number of fused-ring (bicyclic) bond motifs is 1. The summed E-state index contributed by atoms with van der Waals surface area (Å²) >= 11 is 0.320. The molecule has 84 heavy (non-hydrogen) atoms. The maximum atomic E-state index is 13.4. The van der Waals surface area contributed by atoms with Crippen molar-refractivity contribution < 1.29 is 61.2 Å². The van der Waals surface area contributed by atoms with Crippen molar-refractivity contribution in [3.05, 3.63) is 118 Å². The summed E-state index contributed by atoms with van der Waals surface area (Å²) in [4.78, 5) is 101. The summed E-state index contributed by atoms with van der Waals surface area (Å²) in [6.45, 7) is 7.33. The predicted molar refractivity (Wildman–Crippen MR) is 312 cm³/mol. The van der Waals surface area contributed by atoms with Crippen LogP contribution in [0.25, 0.3) is 22.0 Å². The zero-order valence-electron chi connectivity index (χ0n) is 47.4. The molecule has 5 aromatic rings. The van der Waals surface area contributed by atoms with Crippen LogP contribution in [0.3, 0.4) is 0 Å². The van der Waals surface area contributed by atoms with Crippen LogP contribution in [0, 0.1) is 0 Å². The second-order valence-corrected chi connectivity index (χ2v) is 20.8. The van der Waals surface area contributed by atoms with Crippen molar-refractivity contribution in [2.45, 2.75) is 32.1 Å². The summed E-state index contributed by atoms with van der Waals surface area (Å²) in [5.41, 5.74) is 5.06. The Kier molecular flexibility index (Phi) is 28.6. The van der Waals surface area contributed by atoms with Crippen LogP contribution in [0.15, 0.2) is 90.1 Å². The number of imidazole rings is 1. The zero-order valence-corrected chi connectivity index (χ0v) is 50.7. The van der Waals surface area contributed by atoms with Crippen molar-refractivity contribution >= 4 is 77.4 Å². The van der Waals surface area contributed by atoms with E-state index in [9.17, 15) is 48.9 Å². The molecule has 1 fully saturated rings. The maximum absolute atomic E-state index is 13.4. The number of nitrogens with zero attached hydrogens (tertiary/aromatic N) is 6.